The predicted octanol–water partition coefficient (Wildman–Crippen LogP) is 2.67. The molecule has 8 nitrogen and oxygen atoms in total. The summed E-state index contributed by atoms with van der Waals surface area (Å²) in [6.45, 7) is 5.27. The molecule has 0 saturated carbocycles. The Kier molecular flexibility index (Phi) is 6.43. The monoisotopic (exact) mass is 396 g/mol. The number of esters is 1. The zero-order valence-corrected chi connectivity index (χ0v) is 16.8. The maximum absolute atomic E-state index is 12.3. The number of hydrogen-bond donors (Lipinski definition) is 0. The number of carbonyl (C=O) groups excluding carboxylic acids is 2. The van der Waals surface area contributed by atoms with E-state index in [2.05, 4.69) is 10.3 Å². The fourth-order valence-electron chi connectivity index (χ4n) is 2.87. The molecule has 2 aromatic carbocycles. The van der Waals surface area contributed by atoms with Crippen molar-refractivity contribution in [3.63, 3.8) is 0 Å². The van der Waals surface area contributed by atoms with Gasteiger partial charge >= 0.3 is 5.97 Å². The number of ether oxygens (including phenoxy) is 2. The Morgan fingerprint density at radius 1 is 1.10 bits per heavy atom. The van der Waals surface area contributed by atoms with Gasteiger partial charge in [0.25, 0.3) is 5.91 Å². The van der Waals surface area contributed by atoms with Crippen molar-refractivity contribution < 1.29 is 19.1 Å². The molecule has 152 valence electrons. The molecule has 0 N–H and O–H groups in total. The minimum Gasteiger partial charge on any atom is -0.494 e. The maximum atomic E-state index is 12.3. The molecule has 3 rings (SSSR count). The first kappa shape index (κ1) is 20.3. The van der Waals surface area contributed by atoms with E-state index in [1.165, 1.54) is 4.90 Å². The molecule has 1 heterocycles. The van der Waals surface area contributed by atoms with Gasteiger partial charge in [0.05, 0.1) is 17.7 Å². The van der Waals surface area contributed by atoms with Crippen molar-refractivity contribution in [2.75, 3.05) is 20.3 Å². The van der Waals surface area contributed by atoms with Crippen molar-refractivity contribution >= 4 is 22.9 Å². The van der Waals surface area contributed by atoms with E-state index in [9.17, 15) is 9.59 Å². The molecule has 0 radical (unpaired) electrons. The molecule has 0 aliphatic heterocycles. The second kappa shape index (κ2) is 9.18. The van der Waals surface area contributed by atoms with Crippen LogP contribution < -0.4 is 4.74 Å². The molecule has 0 aliphatic rings. The van der Waals surface area contributed by atoms with Gasteiger partial charge in [-0.15, -0.1) is 5.10 Å². The van der Waals surface area contributed by atoms with Crippen molar-refractivity contribution in [2.45, 2.75) is 26.9 Å². The van der Waals surface area contributed by atoms with Crippen LogP contribution in [0.3, 0.4) is 0 Å². The summed E-state index contributed by atoms with van der Waals surface area (Å²) in [5.41, 5.74) is 2.75. The molecule has 1 amide bonds. The average molecular weight is 396 g/mol. The molecule has 0 bridgehead atoms. The molecule has 3 aromatic rings. The van der Waals surface area contributed by atoms with Crippen LogP contribution >= 0.6 is 0 Å². The molecule has 8 heteroatoms. The van der Waals surface area contributed by atoms with Crippen molar-refractivity contribution in [3.05, 3.63) is 53.6 Å². The van der Waals surface area contributed by atoms with E-state index in [4.69, 9.17) is 9.47 Å². The zero-order chi connectivity index (χ0) is 20.8. The SMILES string of the molecule is CCOc1ccc(CN(C)C(=O)COC(=O)c2ccc3c(c2)nnn3CC)cc1. The van der Waals surface area contributed by atoms with Crippen LogP contribution in [0.2, 0.25) is 0 Å². The van der Waals surface area contributed by atoms with Crippen LogP contribution in [0.5, 0.6) is 5.75 Å². The van der Waals surface area contributed by atoms with Crippen LogP contribution in [-0.4, -0.2) is 52.0 Å². The van der Waals surface area contributed by atoms with E-state index in [0.717, 1.165) is 16.8 Å². The Morgan fingerprint density at radius 3 is 2.55 bits per heavy atom. The summed E-state index contributed by atoms with van der Waals surface area (Å²) >= 11 is 0. The first-order valence-corrected chi connectivity index (χ1v) is 9.48. The summed E-state index contributed by atoms with van der Waals surface area (Å²) < 4.78 is 12.3. The van der Waals surface area contributed by atoms with Gasteiger partial charge in [-0.25, -0.2) is 9.48 Å². The number of nitrogens with zero attached hydrogens (tertiary/aromatic N) is 4. The second-order valence-electron chi connectivity index (χ2n) is 6.51. The summed E-state index contributed by atoms with van der Waals surface area (Å²) in [7, 11) is 1.67. The molecule has 0 unspecified atom stereocenters. The highest BCUT2D eigenvalue weighted by molar-refractivity contribution is 5.94. The Bertz CT molecular complexity index is 998. The van der Waals surface area contributed by atoms with Crippen LogP contribution in [0, 0.1) is 0 Å². The van der Waals surface area contributed by atoms with E-state index in [1.54, 1.807) is 29.9 Å². The minimum atomic E-state index is -0.569. The Hall–Kier alpha value is -3.42. The summed E-state index contributed by atoms with van der Waals surface area (Å²) in [5, 5.41) is 8.05. The van der Waals surface area contributed by atoms with Crippen molar-refractivity contribution in [1.82, 2.24) is 19.9 Å². The zero-order valence-electron chi connectivity index (χ0n) is 16.8. The molecule has 0 aliphatic carbocycles. The molecule has 1 aromatic heterocycles. The number of aryl methyl sites for hydroxylation is 1. The lowest BCUT2D eigenvalue weighted by Crippen LogP contribution is -2.30. The highest BCUT2D eigenvalue weighted by Gasteiger charge is 2.15. The summed E-state index contributed by atoms with van der Waals surface area (Å²) in [6.07, 6.45) is 0. The number of hydrogen-bond acceptors (Lipinski definition) is 6. The number of rotatable bonds is 8. The molecule has 0 spiro atoms. The van der Waals surface area contributed by atoms with Gasteiger partial charge in [0.2, 0.25) is 0 Å². The standard InChI is InChI=1S/C21H24N4O4/c1-4-25-19-11-8-16(12-18(19)22-23-25)21(27)29-14-20(26)24(3)13-15-6-9-17(10-7-15)28-5-2/h6-12H,4-5,13-14H2,1-3H3. The summed E-state index contributed by atoms with van der Waals surface area (Å²) in [4.78, 5) is 26.1. The lowest BCUT2D eigenvalue weighted by atomic mass is 10.2. The van der Waals surface area contributed by atoms with Gasteiger partial charge in [0, 0.05) is 20.1 Å². The van der Waals surface area contributed by atoms with Crippen LogP contribution in [-0.2, 0) is 22.6 Å². The van der Waals surface area contributed by atoms with Crippen LogP contribution in [0.1, 0.15) is 29.8 Å². The van der Waals surface area contributed by atoms with Crippen molar-refractivity contribution in [1.29, 1.82) is 0 Å². The maximum Gasteiger partial charge on any atom is 0.338 e. The van der Waals surface area contributed by atoms with Gasteiger partial charge in [0.15, 0.2) is 6.61 Å². The molecule has 0 atom stereocenters. The van der Waals surface area contributed by atoms with E-state index in [1.807, 2.05) is 38.1 Å². The average Bonchev–Trinajstić information content (AvgIpc) is 3.15. The summed E-state index contributed by atoms with van der Waals surface area (Å²) in [5.74, 6) is -0.0684. The largest absolute Gasteiger partial charge is 0.494 e. The van der Waals surface area contributed by atoms with Gasteiger partial charge in [-0.1, -0.05) is 17.3 Å². The number of benzene rings is 2. The third kappa shape index (κ3) is 4.90. The van der Waals surface area contributed by atoms with Gasteiger partial charge in [-0.2, -0.15) is 0 Å². The first-order chi connectivity index (χ1) is 14.0. The predicted molar refractivity (Wildman–Crippen MR) is 108 cm³/mol. The Labute approximate surface area is 169 Å². The van der Waals surface area contributed by atoms with Gasteiger partial charge in [-0.05, 0) is 49.7 Å². The van der Waals surface area contributed by atoms with E-state index in [-0.39, 0.29) is 12.5 Å². The summed E-state index contributed by atoms with van der Waals surface area (Å²) in [6, 6.07) is 12.6. The van der Waals surface area contributed by atoms with Crippen molar-refractivity contribution in [2.24, 2.45) is 0 Å². The van der Waals surface area contributed by atoms with Crippen LogP contribution in [0.25, 0.3) is 11.0 Å². The lowest BCUT2D eigenvalue weighted by Gasteiger charge is -2.17. The fourth-order valence-corrected chi connectivity index (χ4v) is 2.87. The number of carbonyl (C=O) groups is 2. The third-order valence-electron chi connectivity index (χ3n) is 4.46. The molecule has 0 fully saturated rings. The molecule has 0 saturated heterocycles. The second-order valence-corrected chi connectivity index (χ2v) is 6.51. The first-order valence-electron chi connectivity index (χ1n) is 9.48. The van der Waals surface area contributed by atoms with Crippen LogP contribution in [0.15, 0.2) is 42.5 Å². The highest BCUT2D eigenvalue weighted by Crippen LogP contribution is 2.15. The van der Waals surface area contributed by atoms with Gasteiger partial charge < -0.3 is 14.4 Å². The Balaban J connectivity index is 1.54. The number of aromatic nitrogens is 3. The van der Waals surface area contributed by atoms with E-state index >= 15 is 0 Å². The fraction of sp³-hybridized carbons (Fsp3) is 0.333. The molecule has 29 heavy (non-hydrogen) atoms. The quantitative estimate of drug-likeness (QED) is 0.544. The topological polar surface area (TPSA) is 86.5 Å². The smallest absolute Gasteiger partial charge is 0.338 e. The van der Waals surface area contributed by atoms with Gasteiger partial charge in [0.1, 0.15) is 11.3 Å². The Morgan fingerprint density at radius 2 is 1.86 bits per heavy atom. The number of likely N-dealkylation sites (N-methyl/N-ethyl adjacent to an activating group) is 1. The van der Waals surface area contributed by atoms with Crippen molar-refractivity contribution in [3.8, 4) is 5.75 Å². The van der Waals surface area contributed by atoms with E-state index in [0.29, 0.717) is 30.8 Å². The van der Waals surface area contributed by atoms with E-state index < -0.39 is 5.97 Å². The number of fused-ring (bicyclic) bond motifs is 1. The normalized spacial score (nSPS) is 10.7. The van der Waals surface area contributed by atoms with Gasteiger partial charge in [-0.3, -0.25) is 4.79 Å². The molecular weight excluding hydrogens is 372 g/mol. The highest BCUT2D eigenvalue weighted by atomic mass is 16.5. The van der Waals surface area contributed by atoms with Crippen LogP contribution in [0.4, 0.5) is 0 Å². The lowest BCUT2D eigenvalue weighted by molar-refractivity contribution is -0.133. The molecular formula is C21H24N4O4. The minimum absolute atomic E-state index is 0.287. The number of amides is 1. The third-order valence-corrected chi connectivity index (χ3v) is 4.46.